The highest BCUT2D eigenvalue weighted by Crippen LogP contribution is 2.19. The standard InChI is InChI=1S/C15H19NO4S2/c1-12-6-4-5-7-13(12)10-21(17)11-14-8-9-15(20-14)22(18,19)16(2)3/h4-9H,10-11H2,1-3H3. The average Bonchev–Trinajstić information content (AvgIpc) is 2.90. The van der Waals surface area contributed by atoms with Crippen molar-refractivity contribution in [2.24, 2.45) is 0 Å². The van der Waals surface area contributed by atoms with E-state index in [1.165, 1.54) is 20.2 Å². The SMILES string of the molecule is Cc1ccccc1CS(=O)Cc1ccc(S(=O)(=O)N(C)C)o1. The predicted octanol–water partition coefficient (Wildman–Crippen LogP) is 2.29. The number of furan rings is 1. The molecule has 0 N–H and O–H groups in total. The van der Waals surface area contributed by atoms with Crippen LogP contribution in [0, 0.1) is 6.92 Å². The summed E-state index contributed by atoms with van der Waals surface area (Å²) in [6, 6.07) is 10.7. The van der Waals surface area contributed by atoms with E-state index in [0.717, 1.165) is 15.4 Å². The van der Waals surface area contributed by atoms with Gasteiger partial charge >= 0.3 is 0 Å². The van der Waals surface area contributed by atoms with Gasteiger partial charge in [0.2, 0.25) is 5.09 Å². The Labute approximate surface area is 133 Å². The third kappa shape index (κ3) is 3.85. The van der Waals surface area contributed by atoms with Gasteiger partial charge in [0.15, 0.2) is 0 Å². The molecule has 1 heterocycles. The highest BCUT2D eigenvalue weighted by molar-refractivity contribution is 7.89. The van der Waals surface area contributed by atoms with E-state index in [9.17, 15) is 12.6 Å². The van der Waals surface area contributed by atoms with Crippen LogP contribution in [-0.2, 0) is 32.3 Å². The molecule has 7 heteroatoms. The van der Waals surface area contributed by atoms with Crippen molar-refractivity contribution >= 4 is 20.8 Å². The smallest absolute Gasteiger partial charge is 0.275 e. The molecule has 5 nitrogen and oxygen atoms in total. The Morgan fingerprint density at radius 3 is 2.41 bits per heavy atom. The molecular formula is C15H19NO4S2. The zero-order valence-corrected chi connectivity index (χ0v) is 14.4. The Balaban J connectivity index is 2.08. The minimum absolute atomic E-state index is 0.125. The van der Waals surface area contributed by atoms with Crippen LogP contribution >= 0.6 is 0 Å². The normalized spacial score (nSPS) is 13.5. The number of benzene rings is 1. The number of hydrogen-bond acceptors (Lipinski definition) is 4. The fraction of sp³-hybridized carbons (Fsp3) is 0.333. The van der Waals surface area contributed by atoms with E-state index in [0.29, 0.717) is 11.5 Å². The molecule has 1 atom stereocenters. The molecule has 120 valence electrons. The molecule has 1 aromatic heterocycles. The summed E-state index contributed by atoms with van der Waals surface area (Å²) in [6.45, 7) is 1.97. The molecule has 0 aliphatic heterocycles. The van der Waals surface area contributed by atoms with Crippen LogP contribution in [0.4, 0.5) is 0 Å². The zero-order chi connectivity index (χ0) is 16.3. The summed E-state index contributed by atoms with van der Waals surface area (Å²) in [5, 5.41) is -0.125. The van der Waals surface area contributed by atoms with Gasteiger partial charge in [0, 0.05) is 30.6 Å². The van der Waals surface area contributed by atoms with Gasteiger partial charge < -0.3 is 4.42 Å². The summed E-state index contributed by atoms with van der Waals surface area (Å²) in [7, 11) is -1.87. The molecule has 0 radical (unpaired) electrons. The maximum Gasteiger partial charge on any atom is 0.275 e. The quantitative estimate of drug-likeness (QED) is 0.808. The van der Waals surface area contributed by atoms with Crippen molar-refractivity contribution in [1.29, 1.82) is 0 Å². The zero-order valence-electron chi connectivity index (χ0n) is 12.8. The van der Waals surface area contributed by atoms with Crippen LogP contribution in [0.3, 0.4) is 0 Å². The second kappa shape index (κ2) is 6.76. The van der Waals surface area contributed by atoms with E-state index in [1.54, 1.807) is 6.07 Å². The highest BCUT2D eigenvalue weighted by Gasteiger charge is 2.22. The van der Waals surface area contributed by atoms with Gasteiger partial charge in [-0.2, -0.15) is 0 Å². The van der Waals surface area contributed by atoms with Crippen LogP contribution in [-0.4, -0.2) is 31.0 Å². The molecule has 0 saturated heterocycles. The molecule has 0 spiro atoms. The van der Waals surface area contributed by atoms with E-state index in [1.807, 2.05) is 31.2 Å². The fourth-order valence-corrected chi connectivity index (χ4v) is 3.97. The molecule has 2 aromatic rings. The lowest BCUT2D eigenvalue weighted by Gasteiger charge is -2.08. The van der Waals surface area contributed by atoms with Gasteiger partial charge in [-0.3, -0.25) is 4.21 Å². The molecule has 0 amide bonds. The summed E-state index contributed by atoms with van der Waals surface area (Å²) in [6.07, 6.45) is 0. The van der Waals surface area contributed by atoms with Gasteiger partial charge in [0.05, 0.1) is 5.75 Å². The van der Waals surface area contributed by atoms with Crippen molar-refractivity contribution in [3.8, 4) is 0 Å². The van der Waals surface area contributed by atoms with Crippen LogP contribution in [0.15, 0.2) is 45.9 Å². The number of hydrogen-bond donors (Lipinski definition) is 0. The largest absolute Gasteiger partial charge is 0.447 e. The predicted molar refractivity (Wildman–Crippen MR) is 86.3 cm³/mol. The minimum atomic E-state index is -3.59. The topological polar surface area (TPSA) is 67.6 Å². The van der Waals surface area contributed by atoms with Gasteiger partial charge in [0.1, 0.15) is 5.76 Å². The highest BCUT2D eigenvalue weighted by atomic mass is 32.2. The Kier molecular flexibility index (Phi) is 5.20. The lowest BCUT2D eigenvalue weighted by molar-refractivity contribution is 0.407. The van der Waals surface area contributed by atoms with Gasteiger partial charge in [-0.1, -0.05) is 24.3 Å². The number of rotatable bonds is 6. The first-order valence-electron chi connectivity index (χ1n) is 6.71. The van der Waals surface area contributed by atoms with E-state index in [4.69, 9.17) is 4.42 Å². The van der Waals surface area contributed by atoms with Crippen LogP contribution in [0.5, 0.6) is 0 Å². The van der Waals surface area contributed by atoms with E-state index in [2.05, 4.69) is 0 Å². The summed E-state index contributed by atoms with van der Waals surface area (Å²) in [5.74, 6) is 1.02. The third-order valence-corrected chi connectivity index (χ3v) is 6.18. The second-order valence-corrected chi connectivity index (χ2v) is 8.70. The Hall–Kier alpha value is -1.44. The number of aryl methyl sites for hydroxylation is 1. The number of sulfonamides is 1. The molecule has 22 heavy (non-hydrogen) atoms. The van der Waals surface area contributed by atoms with Crippen LogP contribution < -0.4 is 0 Å². The lowest BCUT2D eigenvalue weighted by Crippen LogP contribution is -2.21. The van der Waals surface area contributed by atoms with Crippen molar-refractivity contribution in [3.63, 3.8) is 0 Å². The van der Waals surface area contributed by atoms with Crippen molar-refractivity contribution in [2.75, 3.05) is 14.1 Å². The van der Waals surface area contributed by atoms with Crippen molar-refractivity contribution < 1.29 is 17.0 Å². The fourth-order valence-electron chi connectivity index (χ4n) is 1.91. The van der Waals surface area contributed by atoms with Crippen molar-refractivity contribution in [3.05, 3.63) is 53.3 Å². The van der Waals surface area contributed by atoms with E-state index in [-0.39, 0.29) is 10.8 Å². The van der Waals surface area contributed by atoms with E-state index >= 15 is 0 Å². The van der Waals surface area contributed by atoms with Crippen LogP contribution in [0.1, 0.15) is 16.9 Å². The molecule has 0 saturated carbocycles. The lowest BCUT2D eigenvalue weighted by atomic mass is 10.1. The van der Waals surface area contributed by atoms with Crippen LogP contribution in [0.2, 0.25) is 0 Å². The summed E-state index contributed by atoms with van der Waals surface area (Å²) in [5.41, 5.74) is 2.11. The first kappa shape index (κ1) is 16.9. The van der Waals surface area contributed by atoms with Gasteiger partial charge in [-0.25, -0.2) is 12.7 Å². The van der Waals surface area contributed by atoms with Crippen LogP contribution in [0.25, 0.3) is 0 Å². The second-order valence-electron chi connectivity index (χ2n) is 5.16. The molecule has 1 unspecified atom stereocenters. The monoisotopic (exact) mass is 341 g/mol. The summed E-state index contributed by atoms with van der Waals surface area (Å²) < 4.78 is 42.5. The van der Waals surface area contributed by atoms with Gasteiger partial charge in [-0.15, -0.1) is 0 Å². The Morgan fingerprint density at radius 2 is 1.77 bits per heavy atom. The van der Waals surface area contributed by atoms with Gasteiger partial charge in [-0.05, 0) is 30.2 Å². The first-order chi connectivity index (χ1) is 10.3. The Bertz CT molecular complexity index is 778. The Morgan fingerprint density at radius 1 is 1.09 bits per heavy atom. The van der Waals surface area contributed by atoms with Crippen molar-refractivity contribution in [2.45, 2.75) is 23.5 Å². The first-order valence-corrected chi connectivity index (χ1v) is 9.64. The summed E-state index contributed by atoms with van der Waals surface area (Å²) >= 11 is 0. The molecule has 0 bridgehead atoms. The molecular weight excluding hydrogens is 322 g/mol. The van der Waals surface area contributed by atoms with Gasteiger partial charge in [0.25, 0.3) is 10.0 Å². The minimum Gasteiger partial charge on any atom is -0.447 e. The molecule has 0 aliphatic carbocycles. The molecule has 0 aliphatic rings. The number of nitrogens with zero attached hydrogens (tertiary/aromatic N) is 1. The molecule has 2 rings (SSSR count). The molecule has 0 fully saturated rings. The third-order valence-electron chi connectivity index (χ3n) is 3.25. The van der Waals surface area contributed by atoms with E-state index < -0.39 is 20.8 Å². The molecule has 1 aromatic carbocycles. The maximum absolute atomic E-state index is 12.2. The van der Waals surface area contributed by atoms with Crippen molar-refractivity contribution in [1.82, 2.24) is 4.31 Å². The maximum atomic E-state index is 12.2. The summed E-state index contributed by atoms with van der Waals surface area (Å²) in [4.78, 5) is 0. The average molecular weight is 341 g/mol.